The highest BCUT2D eigenvalue weighted by atomic mass is 16.3. The molecule has 8 nitrogen and oxygen atoms in total. The second-order valence-electron chi connectivity index (χ2n) is 26.1. The molecule has 0 amide bonds. The maximum atomic E-state index is 7.75. The van der Waals surface area contributed by atoms with Gasteiger partial charge in [-0.3, -0.25) is 4.98 Å². The maximum Gasteiger partial charge on any atom is 0.161 e. The Labute approximate surface area is 568 Å². The number of pyridine rings is 2. The first-order valence-electron chi connectivity index (χ1n) is 33.7. The lowest BCUT2D eigenvalue weighted by Gasteiger charge is -2.28. The predicted octanol–water partition coefficient (Wildman–Crippen LogP) is 25.3. The first-order chi connectivity index (χ1) is 48.9. The maximum absolute atomic E-state index is 7.75. The second-order valence-corrected chi connectivity index (χ2v) is 26.1. The van der Waals surface area contributed by atoms with Crippen LogP contribution in [0.2, 0.25) is 0 Å². The third-order valence-corrected chi connectivity index (χ3v) is 20.1. The van der Waals surface area contributed by atoms with Gasteiger partial charge in [0.2, 0.25) is 0 Å². The molecule has 464 valence electrons. The van der Waals surface area contributed by atoms with Crippen molar-refractivity contribution in [1.82, 2.24) is 19.9 Å². The Kier molecular flexibility index (Phi) is 12.7. The van der Waals surface area contributed by atoms with Crippen LogP contribution in [0, 0.1) is 0 Å². The Hall–Kier alpha value is -13.0. The molecule has 0 N–H and O–H groups in total. The fourth-order valence-electron chi connectivity index (χ4n) is 15.7. The van der Waals surface area contributed by atoms with Gasteiger partial charge in [-0.15, -0.1) is 0 Å². The predicted molar refractivity (Wildman–Crippen MR) is 407 cm³/mol. The third-order valence-electron chi connectivity index (χ3n) is 20.1. The van der Waals surface area contributed by atoms with Crippen LogP contribution < -0.4 is 4.90 Å². The Morgan fingerprint density at radius 2 is 0.889 bits per heavy atom. The van der Waals surface area contributed by atoms with E-state index in [0.717, 1.165) is 199 Å². The average molecular weight is 1270 g/mol. The molecule has 0 aliphatic rings. The van der Waals surface area contributed by atoms with Crippen LogP contribution in [0.1, 0.15) is 25.3 Å². The topological polar surface area (TPSA) is 94.2 Å². The number of nitrogens with zero attached hydrogens (tertiary/aromatic N) is 5. The van der Waals surface area contributed by atoms with Crippen LogP contribution in [-0.2, 0) is 0 Å². The van der Waals surface area contributed by atoms with Crippen LogP contribution in [0.25, 0.3) is 187 Å². The van der Waals surface area contributed by atoms with Gasteiger partial charge < -0.3 is 18.2 Å². The normalized spacial score (nSPS) is 12.0. The number of aromatic nitrogens is 4. The van der Waals surface area contributed by atoms with Crippen LogP contribution in [0.3, 0.4) is 0 Å². The van der Waals surface area contributed by atoms with E-state index in [4.69, 9.17) is 28.2 Å². The molecule has 0 saturated carbocycles. The molecule has 0 aliphatic heterocycles. The second kappa shape index (κ2) is 22.3. The summed E-state index contributed by atoms with van der Waals surface area (Å²) in [5.41, 5.74) is 21.2. The molecule has 14 aromatic carbocycles. The van der Waals surface area contributed by atoms with Gasteiger partial charge in [0.05, 0.1) is 28.5 Å². The van der Waals surface area contributed by atoms with Crippen molar-refractivity contribution in [2.45, 2.75) is 19.8 Å². The van der Waals surface area contributed by atoms with Gasteiger partial charge in [0.25, 0.3) is 0 Å². The smallest absolute Gasteiger partial charge is 0.161 e. The first-order valence-corrected chi connectivity index (χ1v) is 33.7. The quantitative estimate of drug-likeness (QED) is 0.118. The molecule has 6 aromatic heterocycles. The largest absolute Gasteiger partial charge is 0.455 e. The van der Waals surface area contributed by atoms with Gasteiger partial charge in [0.15, 0.2) is 5.82 Å². The molecule has 0 unspecified atom stereocenters. The lowest BCUT2D eigenvalue weighted by molar-refractivity contribution is 0.669. The molecule has 0 bridgehead atoms. The van der Waals surface area contributed by atoms with E-state index in [2.05, 4.69) is 291 Å². The van der Waals surface area contributed by atoms with Gasteiger partial charge in [-0.2, -0.15) is 0 Å². The minimum Gasteiger partial charge on any atom is -0.455 e. The zero-order valence-electron chi connectivity index (χ0n) is 53.9. The number of para-hydroxylation sites is 4. The van der Waals surface area contributed by atoms with Crippen molar-refractivity contribution in [3.05, 3.63) is 309 Å². The molecular formula is C91H57N5O3. The fraction of sp³-hybridized carbons (Fsp3) is 0.0330. The van der Waals surface area contributed by atoms with E-state index >= 15 is 0 Å². The summed E-state index contributed by atoms with van der Waals surface area (Å²) in [7, 11) is 0. The highest BCUT2D eigenvalue weighted by Gasteiger charge is 2.29. The van der Waals surface area contributed by atoms with E-state index in [1.807, 2.05) is 36.8 Å². The Morgan fingerprint density at radius 3 is 1.62 bits per heavy atom. The highest BCUT2D eigenvalue weighted by Crippen LogP contribution is 2.53. The summed E-state index contributed by atoms with van der Waals surface area (Å²) < 4.78 is 22.1. The van der Waals surface area contributed by atoms with Crippen molar-refractivity contribution in [2.75, 3.05) is 4.90 Å². The summed E-state index contributed by atoms with van der Waals surface area (Å²) in [6.45, 7) is 4.55. The Bertz CT molecular complexity index is 6600. The Morgan fingerprint density at radius 1 is 0.313 bits per heavy atom. The van der Waals surface area contributed by atoms with Crippen LogP contribution in [-0.4, -0.2) is 19.9 Å². The van der Waals surface area contributed by atoms with Gasteiger partial charge >= 0.3 is 0 Å². The van der Waals surface area contributed by atoms with Gasteiger partial charge in [-0.05, 0) is 179 Å². The van der Waals surface area contributed by atoms with Crippen molar-refractivity contribution in [2.24, 2.45) is 0 Å². The number of rotatable bonds is 11. The van der Waals surface area contributed by atoms with E-state index in [-0.39, 0.29) is 5.92 Å². The summed E-state index contributed by atoms with van der Waals surface area (Å²) in [5.74, 6) is 0.815. The summed E-state index contributed by atoms with van der Waals surface area (Å²) in [5, 5.41) is 14.5. The third kappa shape index (κ3) is 8.92. The molecule has 0 radical (unpaired) electrons. The molecule has 8 heteroatoms. The van der Waals surface area contributed by atoms with Crippen molar-refractivity contribution >= 4 is 126 Å². The highest BCUT2D eigenvalue weighted by molar-refractivity contribution is 6.38. The van der Waals surface area contributed by atoms with Crippen LogP contribution >= 0.6 is 0 Å². The van der Waals surface area contributed by atoms with Gasteiger partial charge in [-0.1, -0.05) is 196 Å². The molecule has 6 heterocycles. The fourth-order valence-corrected chi connectivity index (χ4v) is 15.7. The van der Waals surface area contributed by atoms with Crippen molar-refractivity contribution < 1.29 is 13.3 Å². The SMILES string of the molecule is CC(C)c1cc(-c2ccncc2)ccc1-c1cc2oc3c(-c4ccnc(-c5c6ccccc6cc6ccccc56)n4)ccc4c5cc(N(c6ccccc6)c6ccccc6-c6ccccc6)cc6oc7c(-c8cccc(-c9cccc%10c9oc9ccccc9%10)n8)ccc(c(c1)c2c34)c7c65. The van der Waals surface area contributed by atoms with Gasteiger partial charge in [0.1, 0.15) is 33.5 Å². The molecule has 0 saturated heterocycles. The van der Waals surface area contributed by atoms with Crippen LogP contribution in [0.15, 0.2) is 317 Å². The standard InChI is InChI=1S/C91H57N5O3/c1-53(2)73-48-56(54-41-44-92-45-42-54)35-36-62(73)59-49-74-67-37-39-71(77-32-18-31-76(94-77)70-30-17-29-69-66-28-14-16-34-80(66)97-88(69)70)89-86(67)85-75(51-61(52-82(85)99-89)96(60-23-7-4-8-24-60)79-33-15-13-25-63(79)55-19-5-3-6-20-55)68-38-40-72(90-87(68)84(74)81(50-59)98-90)78-43-46-93-91(95-78)83-64-26-11-9-21-57(64)47-58-22-10-12-27-65(58)83/h3-53H,1-2H3. The number of hydrogen-bond acceptors (Lipinski definition) is 8. The van der Waals surface area contributed by atoms with E-state index in [1.54, 1.807) is 0 Å². The zero-order chi connectivity index (χ0) is 65.4. The summed E-state index contributed by atoms with van der Waals surface area (Å²) in [4.78, 5) is 23.0. The Balaban J connectivity index is 0.909. The molecule has 20 rings (SSSR count). The molecule has 0 fully saturated rings. The summed E-state index contributed by atoms with van der Waals surface area (Å²) >= 11 is 0. The average Bonchev–Trinajstić information content (AvgIpc) is 1.55. The molecule has 0 aliphatic carbocycles. The number of furan rings is 3. The first kappa shape index (κ1) is 56.3. The van der Waals surface area contributed by atoms with Crippen molar-refractivity contribution in [1.29, 1.82) is 0 Å². The van der Waals surface area contributed by atoms with E-state index in [1.165, 1.54) is 5.56 Å². The molecule has 20 aromatic rings. The molecular weight excluding hydrogens is 1210 g/mol. The molecule has 0 spiro atoms. The number of fused-ring (bicyclic) bond motifs is 7. The van der Waals surface area contributed by atoms with Crippen molar-refractivity contribution in [3.8, 4) is 78.5 Å². The summed E-state index contributed by atoms with van der Waals surface area (Å²) in [6, 6.07) is 101. The van der Waals surface area contributed by atoms with Gasteiger partial charge in [0, 0.05) is 90.5 Å². The van der Waals surface area contributed by atoms with Crippen LogP contribution in [0.4, 0.5) is 17.1 Å². The van der Waals surface area contributed by atoms with E-state index in [9.17, 15) is 0 Å². The number of hydrogen-bond donors (Lipinski definition) is 0. The van der Waals surface area contributed by atoms with E-state index in [0.29, 0.717) is 5.82 Å². The number of benzene rings is 13. The van der Waals surface area contributed by atoms with Crippen LogP contribution in [0.5, 0.6) is 0 Å². The summed E-state index contributed by atoms with van der Waals surface area (Å²) in [6.07, 6.45) is 5.61. The lowest BCUT2D eigenvalue weighted by Crippen LogP contribution is -2.11. The van der Waals surface area contributed by atoms with Crippen molar-refractivity contribution in [3.63, 3.8) is 0 Å². The monoisotopic (exact) mass is 1270 g/mol. The lowest BCUT2D eigenvalue weighted by atomic mass is 9.87. The number of anilines is 3. The van der Waals surface area contributed by atoms with E-state index < -0.39 is 0 Å². The minimum atomic E-state index is 0.178. The zero-order valence-corrected chi connectivity index (χ0v) is 53.9. The molecule has 99 heavy (non-hydrogen) atoms. The molecule has 0 atom stereocenters. The minimum absolute atomic E-state index is 0.178. The van der Waals surface area contributed by atoms with Gasteiger partial charge in [-0.25, -0.2) is 15.0 Å².